The van der Waals surface area contributed by atoms with Crippen LogP contribution in [0.25, 0.3) is 0 Å². The number of hydrogen-bond donors (Lipinski definition) is 1. The molecule has 1 heterocycles. The molecule has 3 rings (SSSR count). The molecular weight excluding hydrogens is 258 g/mol. The van der Waals surface area contributed by atoms with Gasteiger partial charge in [-0.25, -0.2) is 0 Å². The summed E-state index contributed by atoms with van der Waals surface area (Å²) in [5, 5.41) is 3.84. The highest BCUT2D eigenvalue weighted by Crippen LogP contribution is 2.50. The van der Waals surface area contributed by atoms with E-state index in [1.165, 1.54) is 37.7 Å². The molecule has 3 atom stereocenters. The maximum Gasteiger partial charge on any atom is 0.0468 e. The molecule has 1 aromatic carbocycles. The Labute approximate surface area is 129 Å². The van der Waals surface area contributed by atoms with Gasteiger partial charge < -0.3 is 10.1 Å². The molecule has 1 saturated carbocycles. The van der Waals surface area contributed by atoms with E-state index >= 15 is 0 Å². The summed E-state index contributed by atoms with van der Waals surface area (Å²) in [7, 11) is 0. The first-order valence-electron chi connectivity index (χ1n) is 8.74. The third-order valence-corrected chi connectivity index (χ3v) is 5.17. The van der Waals surface area contributed by atoms with Crippen LogP contribution in [0.15, 0.2) is 30.3 Å². The molecule has 0 spiro atoms. The Morgan fingerprint density at radius 2 is 1.95 bits per heavy atom. The van der Waals surface area contributed by atoms with Gasteiger partial charge >= 0.3 is 0 Å². The number of nitrogens with one attached hydrogen (secondary N) is 1. The summed E-state index contributed by atoms with van der Waals surface area (Å²) in [5.41, 5.74) is 1.54. The van der Waals surface area contributed by atoms with Crippen molar-refractivity contribution in [2.45, 2.75) is 51.0 Å². The summed E-state index contributed by atoms with van der Waals surface area (Å²) in [6, 6.07) is 11.8. The predicted molar refractivity (Wildman–Crippen MR) is 87.5 cm³/mol. The molecule has 1 aliphatic carbocycles. The van der Waals surface area contributed by atoms with Crippen LogP contribution in [0, 0.1) is 11.8 Å². The summed E-state index contributed by atoms with van der Waals surface area (Å²) in [6.45, 7) is 5.36. The Kier molecular flexibility index (Phi) is 5.32. The fraction of sp³-hybridized carbons (Fsp3) is 0.684. The second kappa shape index (κ2) is 7.42. The fourth-order valence-corrected chi connectivity index (χ4v) is 3.82. The largest absolute Gasteiger partial charge is 0.381 e. The van der Waals surface area contributed by atoms with Crippen molar-refractivity contribution in [3.8, 4) is 0 Å². The quantitative estimate of drug-likeness (QED) is 0.819. The van der Waals surface area contributed by atoms with Crippen LogP contribution in [-0.4, -0.2) is 25.8 Å². The van der Waals surface area contributed by atoms with Crippen LogP contribution in [0.4, 0.5) is 0 Å². The number of rotatable bonds is 7. The molecule has 0 bridgehead atoms. The maximum atomic E-state index is 5.51. The average molecular weight is 287 g/mol. The van der Waals surface area contributed by atoms with E-state index in [0.717, 1.165) is 37.5 Å². The van der Waals surface area contributed by atoms with Crippen molar-refractivity contribution in [3.05, 3.63) is 35.9 Å². The van der Waals surface area contributed by atoms with Crippen molar-refractivity contribution in [3.63, 3.8) is 0 Å². The SMILES string of the molecule is CCCNC(CC1CCOCC1)C1CC1c1ccccc1. The molecule has 2 fully saturated rings. The zero-order chi connectivity index (χ0) is 14.5. The van der Waals surface area contributed by atoms with Crippen molar-refractivity contribution < 1.29 is 4.74 Å². The standard InChI is InChI=1S/C19H29NO/c1-2-10-20-19(13-15-8-11-21-12-9-15)18-14-17(18)16-6-4-3-5-7-16/h3-7,15,17-20H,2,8-14H2,1H3. The van der Waals surface area contributed by atoms with E-state index in [-0.39, 0.29) is 0 Å². The summed E-state index contributed by atoms with van der Waals surface area (Å²) >= 11 is 0. The van der Waals surface area contributed by atoms with Crippen LogP contribution < -0.4 is 5.32 Å². The molecule has 0 aromatic heterocycles. The molecule has 3 unspecified atom stereocenters. The van der Waals surface area contributed by atoms with Crippen LogP contribution >= 0.6 is 0 Å². The Bertz CT molecular complexity index is 413. The molecule has 2 nitrogen and oxygen atoms in total. The van der Waals surface area contributed by atoms with Gasteiger partial charge in [-0.2, -0.15) is 0 Å². The molecule has 21 heavy (non-hydrogen) atoms. The Balaban J connectivity index is 1.57. The fourth-order valence-electron chi connectivity index (χ4n) is 3.82. The number of ether oxygens (including phenoxy) is 1. The summed E-state index contributed by atoms with van der Waals surface area (Å²) < 4.78 is 5.51. The van der Waals surface area contributed by atoms with E-state index in [1.807, 2.05) is 0 Å². The Morgan fingerprint density at radius 3 is 2.67 bits per heavy atom. The van der Waals surface area contributed by atoms with E-state index in [1.54, 1.807) is 0 Å². The van der Waals surface area contributed by atoms with E-state index in [4.69, 9.17) is 4.74 Å². The second-order valence-corrected chi connectivity index (χ2v) is 6.77. The van der Waals surface area contributed by atoms with Gasteiger partial charge in [0.05, 0.1) is 0 Å². The van der Waals surface area contributed by atoms with Crippen LogP contribution in [0.1, 0.15) is 50.5 Å². The maximum absolute atomic E-state index is 5.51. The third kappa shape index (κ3) is 4.08. The van der Waals surface area contributed by atoms with Crippen LogP contribution in [0.5, 0.6) is 0 Å². The van der Waals surface area contributed by atoms with Crippen molar-refractivity contribution in [1.82, 2.24) is 5.32 Å². The molecule has 1 aliphatic heterocycles. The number of hydrogen-bond acceptors (Lipinski definition) is 2. The lowest BCUT2D eigenvalue weighted by atomic mass is 9.89. The molecule has 1 saturated heterocycles. The summed E-state index contributed by atoms with van der Waals surface area (Å²) in [6.07, 6.45) is 6.46. The molecule has 116 valence electrons. The minimum atomic E-state index is 0.707. The monoisotopic (exact) mass is 287 g/mol. The highest BCUT2D eigenvalue weighted by atomic mass is 16.5. The van der Waals surface area contributed by atoms with Crippen LogP contribution in [-0.2, 0) is 4.74 Å². The zero-order valence-corrected chi connectivity index (χ0v) is 13.3. The van der Waals surface area contributed by atoms with Gasteiger partial charge in [0, 0.05) is 19.3 Å². The van der Waals surface area contributed by atoms with Gasteiger partial charge in [-0.15, -0.1) is 0 Å². The molecular formula is C19H29NO. The highest BCUT2D eigenvalue weighted by molar-refractivity contribution is 5.26. The molecule has 0 radical (unpaired) electrons. The smallest absolute Gasteiger partial charge is 0.0468 e. The van der Waals surface area contributed by atoms with Crippen LogP contribution in [0.2, 0.25) is 0 Å². The van der Waals surface area contributed by atoms with Gasteiger partial charge in [0.2, 0.25) is 0 Å². The molecule has 2 aliphatic rings. The lowest BCUT2D eigenvalue weighted by Gasteiger charge is -2.28. The Hall–Kier alpha value is -0.860. The van der Waals surface area contributed by atoms with Crippen LogP contribution in [0.3, 0.4) is 0 Å². The van der Waals surface area contributed by atoms with Gasteiger partial charge in [-0.05, 0) is 62.0 Å². The molecule has 0 amide bonds. The van der Waals surface area contributed by atoms with Gasteiger partial charge in [0.25, 0.3) is 0 Å². The molecule has 2 heteroatoms. The lowest BCUT2D eigenvalue weighted by Crippen LogP contribution is -2.35. The average Bonchev–Trinajstić information content (AvgIpc) is 3.34. The van der Waals surface area contributed by atoms with Gasteiger partial charge in [0.1, 0.15) is 0 Å². The van der Waals surface area contributed by atoms with Gasteiger partial charge in [-0.3, -0.25) is 0 Å². The van der Waals surface area contributed by atoms with E-state index in [0.29, 0.717) is 6.04 Å². The first-order chi connectivity index (χ1) is 10.4. The predicted octanol–water partition coefficient (Wildman–Crippen LogP) is 3.98. The topological polar surface area (TPSA) is 21.3 Å². The van der Waals surface area contributed by atoms with Crippen molar-refractivity contribution >= 4 is 0 Å². The van der Waals surface area contributed by atoms with Gasteiger partial charge in [0.15, 0.2) is 0 Å². The first-order valence-corrected chi connectivity index (χ1v) is 8.74. The number of benzene rings is 1. The van der Waals surface area contributed by atoms with E-state index in [2.05, 4.69) is 42.6 Å². The summed E-state index contributed by atoms with van der Waals surface area (Å²) in [5.74, 6) is 2.51. The highest BCUT2D eigenvalue weighted by Gasteiger charge is 2.43. The van der Waals surface area contributed by atoms with Crippen molar-refractivity contribution in [2.24, 2.45) is 11.8 Å². The zero-order valence-electron chi connectivity index (χ0n) is 13.3. The van der Waals surface area contributed by atoms with E-state index in [9.17, 15) is 0 Å². The van der Waals surface area contributed by atoms with Crippen molar-refractivity contribution in [2.75, 3.05) is 19.8 Å². The molecule has 1 N–H and O–H groups in total. The van der Waals surface area contributed by atoms with E-state index < -0.39 is 0 Å². The minimum Gasteiger partial charge on any atom is -0.381 e. The lowest BCUT2D eigenvalue weighted by molar-refractivity contribution is 0.0596. The Morgan fingerprint density at radius 1 is 1.19 bits per heavy atom. The minimum absolute atomic E-state index is 0.707. The third-order valence-electron chi connectivity index (χ3n) is 5.17. The summed E-state index contributed by atoms with van der Waals surface area (Å²) in [4.78, 5) is 0. The van der Waals surface area contributed by atoms with Crippen molar-refractivity contribution in [1.29, 1.82) is 0 Å². The second-order valence-electron chi connectivity index (χ2n) is 6.77. The molecule has 1 aromatic rings. The first kappa shape index (κ1) is 15.1. The van der Waals surface area contributed by atoms with Gasteiger partial charge in [-0.1, -0.05) is 37.3 Å². The normalized spacial score (nSPS) is 27.5.